The standard InChI is InChI=1S/C20H25ClN2O5S/c1-20(2,3)13-22-19(24)12-28-18-10-9-16(11-17(18)21)29(25,26)23-14-5-7-15(27-4)8-6-14/h5-11,23H,12-13H2,1-4H3,(H,22,24). The highest BCUT2D eigenvalue weighted by Gasteiger charge is 2.17. The molecule has 29 heavy (non-hydrogen) atoms. The molecule has 0 bridgehead atoms. The summed E-state index contributed by atoms with van der Waals surface area (Å²) in [5.41, 5.74) is 0.345. The smallest absolute Gasteiger partial charge is 0.261 e. The summed E-state index contributed by atoms with van der Waals surface area (Å²) in [6.45, 7) is 6.31. The number of carbonyl (C=O) groups excluding carboxylic acids is 1. The summed E-state index contributed by atoms with van der Waals surface area (Å²) in [6.07, 6.45) is 0. The largest absolute Gasteiger partial charge is 0.497 e. The highest BCUT2D eigenvalue weighted by atomic mass is 35.5. The topological polar surface area (TPSA) is 93.7 Å². The molecule has 9 heteroatoms. The fourth-order valence-electron chi connectivity index (χ4n) is 2.20. The average molecular weight is 441 g/mol. The average Bonchev–Trinajstić information content (AvgIpc) is 2.65. The summed E-state index contributed by atoms with van der Waals surface area (Å²) in [5, 5.41) is 2.85. The Balaban J connectivity index is 2.02. The molecule has 0 atom stereocenters. The van der Waals surface area contributed by atoms with Gasteiger partial charge < -0.3 is 14.8 Å². The number of sulfonamides is 1. The van der Waals surface area contributed by atoms with Crippen LogP contribution in [0, 0.1) is 5.41 Å². The molecule has 2 aromatic carbocycles. The van der Waals surface area contributed by atoms with Crippen molar-refractivity contribution in [2.75, 3.05) is 25.0 Å². The lowest BCUT2D eigenvalue weighted by molar-refractivity contribution is -0.123. The zero-order valence-corrected chi connectivity index (χ0v) is 18.4. The van der Waals surface area contributed by atoms with Crippen molar-refractivity contribution in [3.8, 4) is 11.5 Å². The summed E-state index contributed by atoms with van der Waals surface area (Å²) in [4.78, 5) is 11.8. The van der Waals surface area contributed by atoms with Crippen LogP contribution in [0.15, 0.2) is 47.4 Å². The van der Waals surface area contributed by atoms with Crippen LogP contribution in [0.25, 0.3) is 0 Å². The first-order chi connectivity index (χ1) is 13.5. The van der Waals surface area contributed by atoms with Gasteiger partial charge in [-0.2, -0.15) is 0 Å². The summed E-state index contributed by atoms with van der Waals surface area (Å²) in [7, 11) is -2.31. The van der Waals surface area contributed by atoms with E-state index in [-0.39, 0.29) is 33.6 Å². The van der Waals surface area contributed by atoms with Gasteiger partial charge in [0.15, 0.2) is 6.61 Å². The molecule has 2 rings (SSSR count). The first-order valence-electron chi connectivity index (χ1n) is 8.86. The van der Waals surface area contributed by atoms with E-state index in [1.54, 1.807) is 24.3 Å². The molecule has 0 aliphatic carbocycles. The molecule has 2 aromatic rings. The van der Waals surface area contributed by atoms with Crippen molar-refractivity contribution in [1.82, 2.24) is 5.32 Å². The van der Waals surface area contributed by atoms with Crippen molar-refractivity contribution in [1.29, 1.82) is 0 Å². The fraction of sp³-hybridized carbons (Fsp3) is 0.350. The molecular formula is C20H25ClN2O5S. The molecule has 0 unspecified atom stereocenters. The number of halogens is 1. The van der Waals surface area contributed by atoms with E-state index in [2.05, 4.69) is 10.0 Å². The maximum absolute atomic E-state index is 12.6. The maximum atomic E-state index is 12.6. The first kappa shape index (κ1) is 22.8. The summed E-state index contributed by atoms with van der Waals surface area (Å²) >= 11 is 6.15. The van der Waals surface area contributed by atoms with Crippen LogP contribution in [0.5, 0.6) is 11.5 Å². The number of rotatable bonds is 8. The normalized spacial score (nSPS) is 11.6. The van der Waals surface area contributed by atoms with Crippen molar-refractivity contribution in [3.05, 3.63) is 47.5 Å². The van der Waals surface area contributed by atoms with Gasteiger partial charge in [-0.15, -0.1) is 0 Å². The number of ether oxygens (including phenoxy) is 2. The number of hydrogen-bond donors (Lipinski definition) is 2. The molecule has 158 valence electrons. The lowest BCUT2D eigenvalue weighted by atomic mass is 9.97. The molecule has 7 nitrogen and oxygen atoms in total. The van der Waals surface area contributed by atoms with Crippen molar-refractivity contribution in [2.45, 2.75) is 25.7 Å². The number of amides is 1. The predicted octanol–water partition coefficient (Wildman–Crippen LogP) is 3.69. The van der Waals surface area contributed by atoms with Crippen LogP contribution in [-0.4, -0.2) is 34.6 Å². The third kappa shape index (κ3) is 7.14. The Kier molecular flexibility index (Phi) is 7.37. The van der Waals surface area contributed by atoms with Crippen molar-refractivity contribution in [2.24, 2.45) is 5.41 Å². The molecule has 0 saturated heterocycles. The van der Waals surface area contributed by atoms with E-state index in [1.807, 2.05) is 20.8 Å². The zero-order valence-electron chi connectivity index (χ0n) is 16.8. The molecule has 0 saturated carbocycles. The number of carbonyl (C=O) groups is 1. The van der Waals surface area contributed by atoms with Crippen LogP contribution in [0.2, 0.25) is 5.02 Å². The van der Waals surface area contributed by atoms with E-state index >= 15 is 0 Å². The maximum Gasteiger partial charge on any atom is 0.261 e. The lowest BCUT2D eigenvalue weighted by Gasteiger charge is -2.18. The minimum absolute atomic E-state index is 0.0251. The SMILES string of the molecule is COc1ccc(NS(=O)(=O)c2ccc(OCC(=O)NCC(C)(C)C)c(Cl)c2)cc1. The second-order valence-corrected chi connectivity index (χ2v) is 9.64. The van der Waals surface area contributed by atoms with E-state index in [1.165, 1.54) is 25.3 Å². The number of benzene rings is 2. The molecule has 0 aliphatic heterocycles. The summed E-state index contributed by atoms with van der Waals surface area (Å²) in [5.74, 6) is 0.555. The van der Waals surface area contributed by atoms with Gasteiger partial charge in [-0.05, 0) is 47.9 Å². The summed E-state index contributed by atoms with van der Waals surface area (Å²) in [6, 6.07) is 10.5. The predicted molar refractivity (Wildman–Crippen MR) is 113 cm³/mol. The van der Waals surface area contributed by atoms with E-state index in [9.17, 15) is 13.2 Å². The van der Waals surface area contributed by atoms with Gasteiger partial charge in [0.2, 0.25) is 0 Å². The van der Waals surface area contributed by atoms with Gasteiger partial charge in [-0.25, -0.2) is 8.42 Å². The quantitative estimate of drug-likeness (QED) is 0.652. The van der Waals surface area contributed by atoms with E-state index < -0.39 is 10.0 Å². The van der Waals surface area contributed by atoms with Gasteiger partial charge in [0.25, 0.3) is 15.9 Å². The van der Waals surface area contributed by atoms with Crippen LogP contribution in [0.1, 0.15) is 20.8 Å². The van der Waals surface area contributed by atoms with Crippen molar-refractivity contribution in [3.63, 3.8) is 0 Å². The molecule has 0 aliphatic rings. The van der Waals surface area contributed by atoms with Crippen molar-refractivity contribution >= 4 is 33.2 Å². The lowest BCUT2D eigenvalue weighted by Crippen LogP contribution is -2.35. The molecule has 2 N–H and O–H groups in total. The van der Waals surface area contributed by atoms with Gasteiger partial charge in [-0.1, -0.05) is 32.4 Å². The van der Waals surface area contributed by atoms with Gasteiger partial charge in [0.1, 0.15) is 11.5 Å². The van der Waals surface area contributed by atoms with Gasteiger partial charge in [0, 0.05) is 12.2 Å². The summed E-state index contributed by atoms with van der Waals surface area (Å²) < 4.78 is 38.0. The Labute approximate surface area is 176 Å². The molecule has 0 radical (unpaired) electrons. The minimum atomic E-state index is -3.84. The van der Waals surface area contributed by atoms with Crippen LogP contribution < -0.4 is 19.5 Å². The van der Waals surface area contributed by atoms with Crippen LogP contribution in [0.4, 0.5) is 5.69 Å². The van der Waals surface area contributed by atoms with E-state index in [4.69, 9.17) is 21.1 Å². The third-order valence-corrected chi connectivity index (χ3v) is 5.40. The van der Waals surface area contributed by atoms with Crippen molar-refractivity contribution < 1.29 is 22.7 Å². The first-order valence-corrected chi connectivity index (χ1v) is 10.7. The Hall–Kier alpha value is -2.45. The van der Waals surface area contributed by atoms with Gasteiger partial charge in [0.05, 0.1) is 17.0 Å². The van der Waals surface area contributed by atoms with Crippen LogP contribution in [0.3, 0.4) is 0 Å². The number of methoxy groups -OCH3 is 1. The number of nitrogens with one attached hydrogen (secondary N) is 2. The Morgan fingerprint density at radius 2 is 1.76 bits per heavy atom. The second-order valence-electron chi connectivity index (χ2n) is 7.55. The van der Waals surface area contributed by atoms with Gasteiger partial charge in [-0.3, -0.25) is 9.52 Å². The van der Waals surface area contributed by atoms with Crippen LogP contribution >= 0.6 is 11.6 Å². The number of anilines is 1. The zero-order chi connectivity index (χ0) is 21.7. The number of hydrogen-bond acceptors (Lipinski definition) is 5. The van der Waals surface area contributed by atoms with Crippen LogP contribution in [-0.2, 0) is 14.8 Å². The molecule has 0 fully saturated rings. The minimum Gasteiger partial charge on any atom is -0.497 e. The highest BCUT2D eigenvalue weighted by molar-refractivity contribution is 7.92. The Morgan fingerprint density at radius 3 is 2.31 bits per heavy atom. The Bertz CT molecular complexity index is 954. The second kappa shape index (κ2) is 9.37. The molecule has 0 spiro atoms. The molecule has 1 amide bonds. The van der Waals surface area contributed by atoms with E-state index in [0.717, 1.165) is 0 Å². The highest BCUT2D eigenvalue weighted by Crippen LogP contribution is 2.28. The molecule has 0 aromatic heterocycles. The molecule has 0 heterocycles. The fourth-order valence-corrected chi connectivity index (χ4v) is 3.58. The monoisotopic (exact) mass is 440 g/mol. The Morgan fingerprint density at radius 1 is 1.10 bits per heavy atom. The van der Waals surface area contributed by atoms with E-state index in [0.29, 0.717) is 18.0 Å². The van der Waals surface area contributed by atoms with Gasteiger partial charge >= 0.3 is 0 Å². The third-order valence-electron chi connectivity index (χ3n) is 3.73. The molecular weight excluding hydrogens is 416 g/mol.